The number of aliphatic carboxylic acids is 1. The first-order valence-corrected chi connectivity index (χ1v) is 11.0. The number of carbonyl (C=O) groups excluding carboxylic acids is 2. The molecule has 3 heterocycles. The number of nitrogens with zero attached hydrogens (tertiary/aromatic N) is 2. The summed E-state index contributed by atoms with van der Waals surface area (Å²) in [6.45, 7) is 3.80. The number of carbonyl (C=O) groups is 3. The second-order valence-corrected chi connectivity index (χ2v) is 8.38. The Balaban J connectivity index is 0.000000454. The summed E-state index contributed by atoms with van der Waals surface area (Å²) in [5.74, 6) is -2.66. The van der Waals surface area contributed by atoms with Crippen LogP contribution in [0.3, 0.4) is 0 Å². The number of halogens is 3. The highest BCUT2D eigenvalue weighted by Gasteiger charge is 2.43. The van der Waals surface area contributed by atoms with Gasteiger partial charge in [0.25, 0.3) is 5.91 Å². The van der Waals surface area contributed by atoms with Gasteiger partial charge in [-0.1, -0.05) is 30.4 Å². The molecule has 1 spiro atoms. The van der Waals surface area contributed by atoms with Crippen LogP contribution >= 0.6 is 0 Å². The second kappa shape index (κ2) is 11.2. The first-order chi connectivity index (χ1) is 17.0. The Morgan fingerprint density at radius 2 is 1.86 bits per heavy atom. The number of aromatic nitrogens is 2. The molecule has 1 fully saturated rings. The summed E-state index contributed by atoms with van der Waals surface area (Å²) < 4.78 is 39.2. The molecule has 2 aromatic rings. The fourth-order valence-electron chi connectivity index (χ4n) is 3.45. The standard InChI is InChI=1S/C21H25N5O3.C2HF3O2/c1-15-11-23-20(28)21(13-22-14-21)9-5-6-10-29-17-12-26(16-7-3-2-4-8-16)25-18(17)19(27)24-15;3-2(4,5)1(6)7/h2-8,12,15,22H,9-11,13-14H2,1H3,(H,23,28)(H,24,27);(H,6,7)/b6-5+;/t15-;/m1./s1. The Labute approximate surface area is 204 Å². The zero-order valence-electron chi connectivity index (χ0n) is 19.3. The lowest BCUT2D eigenvalue weighted by molar-refractivity contribution is -0.192. The molecule has 2 amide bonds. The molecular formula is C23H26F3N5O5. The number of alkyl halides is 3. The number of fused-ring (bicyclic) bond motifs is 1. The first-order valence-electron chi connectivity index (χ1n) is 11.0. The van der Waals surface area contributed by atoms with E-state index < -0.39 is 17.6 Å². The van der Waals surface area contributed by atoms with Gasteiger partial charge in [0.05, 0.1) is 17.3 Å². The van der Waals surface area contributed by atoms with E-state index in [-0.39, 0.29) is 23.6 Å². The Hall–Kier alpha value is -3.87. The Morgan fingerprint density at radius 3 is 2.44 bits per heavy atom. The number of ether oxygens (including phenoxy) is 1. The van der Waals surface area contributed by atoms with E-state index in [4.69, 9.17) is 14.6 Å². The molecule has 1 atom stereocenters. The minimum atomic E-state index is -5.08. The summed E-state index contributed by atoms with van der Waals surface area (Å²) in [5, 5.41) is 20.6. The molecular weight excluding hydrogens is 483 g/mol. The molecule has 0 aliphatic carbocycles. The number of rotatable bonds is 1. The van der Waals surface area contributed by atoms with Gasteiger partial charge in [0.2, 0.25) is 5.91 Å². The summed E-state index contributed by atoms with van der Waals surface area (Å²) in [6, 6.07) is 9.31. The number of nitrogens with one attached hydrogen (secondary N) is 3. The number of amides is 2. The SMILES string of the molecule is C[C@@H]1CNC(=O)C2(C/C=C/COc3cn(-c4ccccc4)nc3C(=O)N1)CNC2.O=C(O)C(F)(F)F. The molecule has 10 nitrogen and oxygen atoms in total. The van der Waals surface area contributed by atoms with Gasteiger partial charge in [0.15, 0.2) is 11.4 Å². The molecule has 2 aliphatic rings. The quantitative estimate of drug-likeness (QED) is 0.430. The first kappa shape index (κ1) is 26.7. The highest BCUT2D eigenvalue weighted by atomic mass is 19.4. The lowest BCUT2D eigenvalue weighted by Gasteiger charge is -2.40. The van der Waals surface area contributed by atoms with Crippen LogP contribution in [0.2, 0.25) is 0 Å². The molecule has 194 valence electrons. The van der Waals surface area contributed by atoms with E-state index in [9.17, 15) is 22.8 Å². The molecule has 1 aromatic heterocycles. The number of allylic oxidation sites excluding steroid dienone is 1. The number of benzene rings is 1. The summed E-state index contributed by atoms with van der Waals surface area (Å²) in [6.07, 6.45) is 1.13. The normalized spacial score (nSPS) is 20.7. The maximum atomic E-state index is 12.8. The zero-order valence-corrected chi connectivity index (χ0v) is 19.3. The highest BCUT2D eigenvalue weighted by Crippen LogP contribution is 2.28. The third-order valence-electron chi connectivity index (χ3n) is 5.52. The third-order valence-corrected chi connectivity index (χ3v) is 5.52. The van der Waals surface area contributed by atoms with Crippen LogP contribution in [0.4, 0.5) is 13.2 Å². The van der Waals surface area contributed by atoms with Gasteiger partial charge >= 0.3 is 12.1 Å². The number of carboxylic acids is 1. The molecule has 36 heavy (non-hydrogen) atoms. The van der Waals surface area contributed by atoms with Crippen LogP contribution in [0.25, 0.3) is 5.69 Å². The van der Waals surface area contributed by atoms with Crippen molar-refractivity contribution in [1.29, 1.82) is 0 Å². The Morgan fingerprint density at radius 1 is 1.19 bits per heavy atom. The summed E-state index contributed by atoms with van der Waals surface area (Å²) in [5.41, 5.74) is 0.634. The fraction of sp³-hybridized carbons (Fsp3) is 0.391. The van der Waals surface area contributed by atoms with Crippen LogP contribution in [0.15, 0.2) is 48.7 Å². The highest BCUT2D eigenvalue weighted by molar-refractivity contribution is 5.95. The van der Waals surface area contributed by atoms with Crippen molar-refractivity contribution >= 4 is 17.8 Å². The van der Waals surface area contributed by atoms with Crippen molar-refractivity contribution in [2.45, 2.75) is 25.6 Å². The topological polar surface area (TPSA) is 135 Å². The average molecular weight is 509 g/mol. The second-order valence-electron chi connectivity index (χ2n) is 8.38. The van der Waals surface area contributed by atoms with E-state index >= 15 is 0 Å². The van der Waals surface area contributed by atoms with Crippen molar-refractivity contribution in [1.82, 2.24) is 25.7 Å². The van der Waals surface area contributed by atoms with Crippen LogP contribution in [-0.2, 0) is 9.59 Å². The maximum Gasteiger partial charge on any atom is 0.490 e. The molecule has 0 unspecified atom stereocenters. The van der Waals surface area contributed by atoms with E-state index in [1.54, 1.807) is 10.9 Å². The predicted molar refractivity (Wildman–Crippen MR) is 122 cm³/mol. The molecule has 0 radical (unpaired) electrons. The van der Waals surface area contributed by atoms with Gasteiger partial charge in [-0.25, -0.2) is 9.48 Å². The Bertz CT molecular complexity index is 1110. The van der Waals surface area contributed by atoms with Crippen molar-refractivity contribution in [3.63, 3.8) is 0 Å². The molecule has 13 heteroatoms. The van der Waals surface area contributed by atoms with Crippen LogP contribution in [0.1, 0.15) is 23.8 Å². The molecule has 0 bridgehead atoms. The Kier molecular flexibility index (Phi) is 8.35. The number of hydrogen-bond acceptors (Lipinski definition) is 6. The minimum Gasteiger partial charge on any atom is -0.485 e. The molecule has 2 aliphatic heterocycles. The van der Waals surface area contributed by atoms with Crippen molar-refractivity contribution < 1.29 is 37.4 Å². The van der Waals surface area contributed by atoms with E-state index in [2.05, 4.69) is 21.0 Å². The van der Waals surface area contributed by atoms with Crippen molar-refractivity contribution in [3.8, 4) is 11.4 Å². The van der Waals surface area contributed by atoms with Crippen LogP contribution in [0.5, 0.6) is 5.75 Å². The zero-order chi connectivity index (χ0) is 26.3. The van der Waals surface area contributed by atoms with Crippen LogP contribution in [-0.4, -0.2) is 71.1 Å². The average Bonchev–Trinajstić information content (AvgIpc) is 3.23. The molecule has 0 saturated carbocycles. The number of hydrogen-bond donors (Lipinski definition) is 4. The van der Waals surface area contributed by atoms with E-state index in [0.717, 1.165) is 5.69 Å². The van der Waals surface area contributed by atoms with Crippen LogP contribution < -0.4 is 20.7 Å². The van der Waals surface area contributed by atoms with Gasteiger partial charge in [0, 0.05) is 25.7 Å². The van der Waals surface area contributed by atoms with Gasteiger partial charge in [-0.15, -0.1) is 0 Å². The molecule has 4 N–H and O–H groups in total. The van der Waals surface area contributed by atoms with E-state index in [1.165, 1.54) is 0 Å². The fourth-order valence-corrected chi connectivity index (χ4v) is 3.45. The molecule has 1 saturated heterocycles. The van der Waals surface area contributed by atoms with E-state index in [1.807, 2.05) is 49.4 Å². The van der Waals surface area contributed by atoms with E-state index in [0.29, 0.717) is 38.4 Å². The largest absolute Gasteiger partial charge is 0.490 e. The van der Waals surface area contributed by atoms with Crippen molar-refractivity contribution in [2.24, 2.45) is 5.41 Å². The predicted octanol–water partition coefficient (Wildman–Crippen LogP) is 1.67. The van der Waals surface area contributed by atoms with Gasteiger partial charge in [-0.2, -0.15) is 18.3 Å². The van der Waals surface area contributed by atoms with Crippen LogP contribution in [0, 0.1) is 5.41 Å². The lowest BCUT2D eigenvalue weighted by atomic mass is 9.77. The summed E-state index contributed by atoms with van der Waals surface area (Å²) in [7, 11) is 0. The lowest BCUT2D eigenvalue weighted by Crippen LogP contribution is -2.62. The van der Waals surface area contributed by atoms with Crippen molar-refractivity contribution in [2.75, 3.05) is 26.2 Å². The monoisotopic (exact) mass is 509 g/mol. The van der Waals surface area contributed by atoms with Crippen molar-refractivity contribution in [3.05, 3.63) is 54.4 Å². The van der Waals surface area contributed by atoms with Gasteiger partial charge < -0.3 is 25.8 Å². The smallest absolute Gasteiger partial charge is 0.485 e. The molecule has 1 aromatic carbocycles. The minimum absolute atomic E-state index is 0.00835. The summed E-state index contributed by atoms with van der Waals surface area (Å²) in [4.78, 5) is 34.3. The number of carboxylic acid groups (broad SMARTS) is 1. The maximum absolute atomic E-state index is 12.8. The number of para-hydroxylation sites is 1. The van der Waals surface area contributed by atoms with Gasteiger partial charge in [0.1, 0.15) is 6.61 Å². The van der Waals surface area contributed by atoms with Gasteiger partial charge in [-0.05, 0) is 25.5 Å². The third kappa shape index (κ3) is 6.62. The van der Waals surface area contributed by atoms with Gasteiger partial charge in [-0.3, -0.25) is 9.59 Å². The summed E-state index contributed by atoms with van der Waals surface area (Å²) >= 11 is 0. The molecule has 4 rings (SSSR count).